The lowest BCUT2D eigenvalue weighted by Gasteiger charge is -2.00. The van der Waals surface area contributed by atoms with E-state index in [1.54, 1.807) is 0 Å². The molecule has 1 saturated heterocycles. The minimum atomic E-state index is 1.24. The van der Waals surface area contributed by atoms with Crippen molar-refractivity contribution >= 4 is 5.69 Å². The molecule has 0 bridgehead atoms. The average Bonchev–Trinajstić information content (AvgIpc) is 2.71. The summed E-state index contributed by atoms with van der Waals surface area (Å²) < 4.78 is 0. The first kappa shape index (κ1) is 5.78. The largest absolute Gasteiger partial charge is 0.368 e. The minimum Gasteiger partial charge on any atom is -0.368 e. The van der Waals surface area contributed by atoms with E-state index < -0.39 is 0 Å². The molecule has 1 heteroatoms. The van der Waals surface area contributed by atoms with Gasteiger partial charge in [-0.15, -0.1) is 0 Å². The van der Waals surface area contributed by atoms with Gasteiger partial charge in [0, 0.05) is 18.8 Å². The van der Waals surface area contributed by atoms with Gasteiger partial charge < -0.3 is 4.90 Å². The number of nitrogens with zero attached hydrogens (tertiary/aromatic N) is 1. The fraction of sp³-hybridized carbons (Fsp3) is 0.333. The molecule has 0 aliphatic carbocycles. The molecular weight excluding hydrogens is 122 g/mol. The van der Waals surface area contributed by atoms with Crippen LogP contribution in [0.4, 0.5) is 5.69 Å². The number of aryl methyl sites for hydroxylation is 1. The van der Waals surface area contributed by atoms with Crippen LogP contribution in [0.15, 0.2) is 24.3 Å². The highest BCUT2D eigenvalue weighted by atomic mass is 15.3. The standard InChI is InChI=1S/C9H11N/c1-8-2-4-9(5-3-8)10-6-7-10/h2-5H,6-7H2,1H3. The highest BCUT2D eigenvalue weighted by Crippen LogP contribution is 2.20. The van der Waals surface area contributed by atoms with Gasteiger partial charge in [0.1, 0.15) is 0 Å². The van der Waals surface area contributed by atoms with E-state index in [2.05, 4.69) is 36.1 Å². The predicted octanol–water partition coefficient (Wildman–Crippen LogP) is 1.82. The molecule has 0 aromatic heterocycles. The zero-order valence-electron chi connectivity index (χ0n) is 6.17. The fourth-order valence-corrected chi connectivity index (χ4v) is 1.06. The van der Waals surface area contributed by atoms with Crippen molar-refractivity contribution < 1.29 is 0 Å². The van der Waals surface area contributed by atoms with Gasteiger partial charge in [0.05, 0.1) is 0 Å². The molecule has 1 nitrogen and oxygen atoms in total. The van der Waals surface area contributed by atoms with E-state index >= 15 is 0 Å². The number of hydrogen-bond acceptors (Lipinski definition) is 1. The van der Waals surface area contributed by atoms with E-state index in [4.69, 9.17) is 0 Å². The molecule has 0 unspecified atom stereocenters. The van der Waals surface area contributed by atoms with E-state index in [9.17, 15) is 0 Å². The van der Waals surface area contributed by atoms with Crippen LogP contribution in [0.3, 0.4) is 0 Å². The molecule has 1 aliphatic heterocycles. The van der Waals surface area contributed by atoms with Crippen molar-refractivity contribution in [1.29, 1.82) is 0 Å². The fourth-order valence-electron chi connectivity index (χ4n) is 1.06. The summed E-state index contributed by atoms with van der Waals surface area (Å²) in [4.78, 5) is 2.35. The van der Waals surface area contributed by atoms with Crippen LogP contribution < -0.4 is 4.90 Å². The SMILES string of the molecule is Cc1ccc(N2CC2)cc1. The van der Waals surface area contributed by atoms with Crippen molar-refractivity contribution in [3.8, 4) is 0 Å². The highest BCUT2D eigenvalue weighted by molar-refractivity contribution is 5.51. The predicted molar refractivity (Wildman–Crippen MR) is 43.4 cm³/mol. The maximum absolute atomic E-state index is 2.35. The van der Waals surface area contributed by atoms with Gasteiger partial charge in [-0.05, 0) is 19.1 Å². The Morgan fingerprint density at radius 2 is 1.70 bits per heavy atom. The second kappa shape index (κ2) is 2.01. The summed E-state index contributed by atoms with van der Waals surface area (Å²) in [5.74, 6) is 0. The number of hydrogen-bond donors (Lipinski definition) is 0. The van der Waals surface area contributed by atoms with Gasteiger partial charge in [-0.3, -0.25) is 0 Å². The van der Waals surface area contributed by atoms with E-state index in [0.717, 1.165) is 0 Å². The summed E-state index contributed by atoms with van der Waals surface area (Å²) in [5.41, 5.74) is 2.70. The Hall–Kier alpha value is -0.980. The summed E-state index contributed by atoms with van der Waals surface area (Å²) in [5, 5.41) is 0. The maximum atomic E-state index is 2.35. The molecule has 1 heterocycles. The van der Waals surface area contributed by atoms with Crippen molar-refractivity contribution in [2.24, 2.45) is 0 Å². The Labute approximate surface area is 61.3 Å². The zero-order valence-corrected chi connectivity index (χ0v) is 6.17. The number of benzene rings is 1. The first-order chi connectivity index (χ1) is 4.86. The summed E-state index contributed by atoms with van der Waals surface area (Å²) in [6.45, 7) is 4.60. The van der Waals surface area contributed by atoms with Gasteiger partial charge >= 0.3 is 0 Å². The summed E-state index contributed by atoms with van der Waals surface area (Å²) >= 11 is 0. The minimum absolute atomic E-state index is 1.24. The van der Waals surface area contributed by atoms with Crippen LogP contribution in [-0.4, -0.2) is 13.1 Å². The van der Waals surface area contributed by atoms with Gasteiger partial charge in [0.2, 0.25) is 0 Å². The first-order valence-corrected chi connectivity index (χ1v) is 3.68. The van der Waals surface area contributed by atoms with Crippen molar-refractivity contribution in [3.63, 3.8) is 0 Å². The molecule has 1 aliphatic rings. The second-order valence-corrected chi connectivity index (χ2v) is 2.82. The molecule has 2 rings (SSSR count). The van der Waals surface area contributed by atoms with Crippen LogP contribution in [0, 0.1) is 6.92 Å². The van der Waals surface area contributed by atoms with E-state index in [1.807, 2.05) is 0 Å². The highest BCUT2D eigenvalue weighted by Gasteiger charge is 2.16. The molecule has 0 saturated carbocycles. The molecule has 1 aromatic rings. The molecule has 0 spiro atoms. The van der Waals surface area contributed by atoms with Crippen LogP contribution >= 0.6 is 0 Å². The zero-order chi connectivity index (χ0) is 6.97. The van der Waals surface area contributed by atoms with E-state index in [0.29, 0.717) is 0 Å². The van der Waals surface area contributed by atoms with Crippen molar-refractivity contribution in [3.05, 3.63) is 29.8 Å². The van der Waals surface area contributed by atoms with Crippen molar-refractivity contribution in [2.75, 3.05) is 18.0 Å². The van der Waals surface area contributed by atoms with Crippen molar-refractivity contribution in [1.82, 2.24) is 0 Å². The topological polar surface area (TPSA) is 3.01 Å². The van der Waals surface area contributed by atoms with Crippen LogP contribution in [0.25, 0.3) is 0 Å². The summed E-state index contributed by atoms with van der Waals surface area (Å²) in [7, 11) is 0. The molecule has 0 atom stereocenters. The lowest BCUT2D eigenvalue weighted by molar-refractivity contribution is 1.37. The molecule has 0 N–H and O–H groups in total. The Morgan fingerprint density at radius 1 is 1.10 bits per heavy atom. The smallest absolute Gasteiger partial charge is 0.0367 e. The third-order valence-corrected chi connectivity index (χ3v) is 1.85. The average molecular weight is 133 g/mol. The quantitative estimate of drug-likeness (QED) is 0.528. The first-order valence-electron chi connectivity index (χ1n) is 3.68. The normalized spacial score (nSPS) is 15.5. The molecular formula is C9H11N. The molecule has 0 radical (unpaired) electrons. The van der Waals surface area contributed by atoms with E-state index in [-0.39, 0.29) is 0 Å². The Balaban J connectivity index is 2.28. The van der Waals surface area contributed by atoms with Gasteiger partial charge in [-0.1, -0.05) is 17.7 Å². The third-order valence-electron chi connectivity index (χ3n) is 1.85. The second-order valence-electron chi connectivity index (χ2n) is 2.82. The number of rotatable bonds is 1. The Morgan fingerprint density at radius 3 is 2.20 bits per heavy atom. The van der Waals surface area contributed by atoms with Crippen LogP contribution in [0.1, 0.15) is 5.56 Å². The van der Waals surface area contributed by atoms with Crippen LogP contribution in [0.2, 0.25) is 0 Å². The van der Waals surface area contributed by atoms with Gasteiger partial charge in [0.15, 0.2) is 0 Å². The summed E-state index contributed by atoms with van der Waals surface area (Å²) in [6, 6.07) is 8.69. The van der Waals surface area contributed by atoms with Gasteiger partial charge in [0.25, 0.3) is 0 Å². The third kappa shape index (κ3) is 0.991. The molecule has 1 fully saturated rings. The van der Waals surface area contributed by atoms with Crippen molar-refractivity contribution in [2.45, 2.75) is 6.92 Å². The lowest BCUT2D eigenvalue weighted by atomic mass is 10.2. The van der Waals surface area contributed by atoms with Crippen LogP contribution in [0.5, 0.6) is 0 Å². The molecule has 1 aromatic carbocycles. The Kier molecular flexibility index (Phi) is 1.16. The Bertz CT molecular complexity index is 221. The summed E-state index contributed by atoms with van der Waals surface area (Å²) in [6.07, 6.45) is 0. The lowest BCUT2D eigenvalue weighted by Crippen LogP contribution is -1.88. The molecule has 52 valence electrons. The van der Waals surface area contributed by atoms with Gasteiger partial charge in [-0.2, -0.15) is 0 Å². The van der Waals surface area contributed by atoms with Crippen LogP contribution in [-0.2, 0) is 0 Å². The number of anilines is 1. The maximum Gasteiger partial charge on any atom is 0.0367 e. The van der Waals surface area contributed by atoms with Gasteiger partial charge in [-0.25, -0.2) is 0 Å². The molecule has 10 heavy (non-hydrogen) atoms. The van der Waals surface area contributed by atoms with E-state index in [1.165, 1.54) is 24.3 Å². The monoisotopic (exact) mass is 133 g/mol. The molecule has 0 amide bonds.